The lowest BCUT2D eigenvalue weighted by Gasteiger charge is -2.47. The molecule has 0 bridgehead atoms. The largest absolute Gasteiger partial charge is 0.453 e. The second-order valence-electron chi connectivity index (χ2n) is 8.60. The van der Waals surface area contributed by atoms with Crippen LogP contribution in [0.2, 0.25) is 0 Å². The van der Waals surface area contributed by atoms with Crippen LogP contribution in [0.25, 0.3) is 0 Å². The summed E-state index contributed by atoms with van der Waals surface area (Å²) in [6.45, 7) is 1.49. The first-order valence-corrected chi connectivity index (χ1v) is 11.9. The topological polar surface area (TPSA) is 105 Å². The van der Waals surface area contributed by atoms with Crippen molar-refractivity contribution in [1.29, 1.82) is 0 Å². The van der Waals surface area contributed by atoms with Gasteiger partial charge in [0.15, 0.2) is 9.84 Å². The Balaban J connectivity index is 1.38. The Morgan fingerprint density at radius 1 is 1.33 bits per heavy atom. The van der Waals surface area contributed by atoms with Crippen LogP contribution < -0.4 is 15.5 Å². The molecule has 30 heavy (non-hydrogen) atoms. The molecule has 0 aliphatic carbocycles. The zero-order valence-corrected chi connectivity index (χ0v) is 17.6. The summed E-state index contributed by atoms with van der Waals surface area (Å²) in [6.07, 6.45) is 1.38. The van der Waals surface area contributed by atoms with E-state index in [9.17, 15) is 22.4 Å². The fourth-order valence-corrected chi connectivity index (χ4v) is 7.21. The maximum Gasteiger partial charge on any atom is 0.406 e. The van der Waals surface area contributed by atoms with Gasteiger partial charge in [0.25, 0.3) is 0 Å². The average molecular weight is 440 g/mol. The smallest absolute Gasteiger partial charge is 0.406 e. The number of hydrogen-bond acceptors (Lipinski definition) is 6. The number of ether oxygens (including phenoxy) is 1. The van der Waals surface area contributed by atoms with Crippen LogP contribution >= 0.6 is 0 Å². The van der Waals surface area contributed by atoms with Crippen molar-refractivity contribution in [2.45, 2.75) is 31.2 Å². The Labute approximate surface area is 175 Å². The van der Waals surface area contributed by atoms with E-state index in [-0.39, 0.29) is 41.2 Å². The lowest BCUT2D eigenvalue weighted by molar-refractivity contribution is -0.120. The number of halogens is 1. The summed E-state index contributed by atoms with van der Waals surface area (Å²) in [7, 11) is -1.61. The number of alkyl carbamates (subject to hydrolysis) is 1. The second kappa shape index (κ2) is 7.72. The summed E-state index contributed by atoms with van der Waals surface area (Å²) < 4.78 is 42.5. The zero-order chi connectivity index (χ0) is 21.5. The SMILES string of the molecule is COC(=O)NCC1C[C@@H](c2ccc(N3CCC4(CC3)CS(=O)(=O)C4)c(F)c2)C(=O)N1. The van der Waals surface area contributed by atoms with Crippen LogP contribution in [0.1, 0.15) is 30.7 Å². The summed E-state index contributed by atoms with van der Waals surface area (Å²) in [5.74, 6) is -0.544. The summed E-state index contributed by atoms with van der Waals surface area (Å²) in [4.78, 5) is 25.5. The highest BCUT2D eigenvalue weighted by molar-refractivity contribution is 7.92. The number of anilines is 1. The maximum absolute atomic E-state index is 14.9. The monoisotopic (exact) mass is 439 g/mol. The van der Waals surface area contributed by atoms with Crippen LogP contribution in [-0.2, 0) is 19.4 Å². The van der Waals surface area contributed by atoms with E-state index < -0.39 is 21.8 Å². The Hall–Kier alpha value is -2.36. The number of nitrogens with zero attached hydrogens (tertiary/aromatic N) is 1. The van der Waals surface area contributed by atoms with Crippen LogP contribution in [0.15, 0.2) is 18.2 Å². The molecule has 3 aliphatic rings. The van der Waals surface area contributed by atoms with Crippen LogP contribution in [0.4, 0.5) is 14.9 Å². The zero-order valence-electron chi connectivity index (χ0n) is 16.8. The van der Waals surface area contributed by atoms with E-state index in [0.717, 1.165) is 12.8 Å². The van der Waals surface area contributed by atoms with Crippen molar-refractivity contribution in [3.63, 3.8) is 0 Å². The van der Waals surface area contributed by atoms with Crippen LogP contribution in [0.3, 0.4) is 0 Å². The molecule has 4 rings (SSSR count). The van der Waals surface area contributed by atoms with Crippen LogP contribution in [0.5, 0.6) is 0 Å². The van der Waals surface area contributed by atoms with Crippen molar-refractivity contribution in [2.24, 2.45) is 5.41 Å². The highest BCUT2D eigenvalue weighted by atomic mass is 32.2. The molecule has 2 N–H and O–H groups in total. The molecule has 0 radical (unpaired) electrons. The quantitative estimate of drug-likeness (QED) is 0.730. The molecule has 2 amide bonds. The molecule has 3 saturated heterocycles. The molecule has 1 aromatic rings. The molecule has 164 valence electrons. The van der Waals surface area contributed by atoms with Crippen molar-refractivity contribution in [3.05, 3.63) is 29.6 Å². The number of hydrogen-bond donors (Lipinski definition) is 2. The summed E-state index contributed by atoms with van der Waals surface area (Å²) in [5.41, 5.74) is 0.965. The first-order valence-electron chi connectivity index (χ1n) is 10.1. The molecule has 1 spiro atoms. The van der Waals surface area contributed by atoms with Crippen molar-refractivity contribution in [2.75, 3.05) is 43.1 Å². The van der Waals surface area contributed by atoms with Gasteiger partial charge < -0.3 is 20.3 Å². The molecule has 0 saturated carbocycles. The van der Waals surface area contributed by atoms with Crippen molar-refractivity contribution < 1.29 is 27.1 Å². The number of carbonyl (C=O) groups is 2. The second-order valence-corrected chi connectivity index (χ2v) is 10.7. The molecule has 2 atom stereocenters. The summed E-state index contributed by atoms with van der Waals surface area (Å²) in [5, 5.41) is 5.37. The first-order chi connectivity index (χ1) is 14.2. The normalized spacial score (nSPS) is 26.7. The van der Waals surface area contributed by atoms with Gasteiger partial charge in [-0.25, -0.2) is 17.6 Å². The molecule has 1 unspecified atom stereocenters. The van der Waals surface area contributed by atoms with E-state index in [1.165, 1.54) is 13.2 Å². The number of carbonyl (C=O) groups excluding carboxylic acids is 2. The van der Waals surface area contributed by atoms with Gasteiger partial charge in [-0.05, 0) is 37.0 Å². The Morgan fingerprint density at radius 3 is 2.63 bits per heavy atom. The summed E-state index contributed by atoms with van der Waals surface area (Å²) >= 11 is 0. The fraction of sp³-hybridized carbons (Fsp3) is 0.600. The maximum atomic E-state index is 14.9. The minimum absolute atomic E-state index is 0.124. The predicted molar refractivity (Wildman–Crippen MR) is 109 cm³/mol. The van der Waals surface area contributed by atoms with Gasteiger partial charge >= 0.3 is 6.09 Å². The van der Waals surface area contributed by atoms with Gasteiger partial charge in [-0.15, -0.1) is 0 Å². The number of piperidine rings is 1. The van der Waals surface area contributed by atoms with E-state index in [0.29, 0.717) is 30.8 Å². The van der Waals surface area contributed by atoms with E-state index in [1.807, 2.05) is 4.90 Å². The van der Waals surface area contributed by atoms with E-state index >= 15 is 0 Å². The Kier molecular flexibility index (Phi) is 5.37. The van der Waals surface area contributed by atoms with Crippen molar-refractivity contribution >= 4 is 27.5 Å². The lowest BCUT2D eigenvalue weighted by atomic mass is 9.81. The number of sulfone groups is 1. The van der Waals surface area contributed by atoms with Crippen LogP contribution in [0, 0.1) is 11.2 Å². The van der Waals surface area contributed by atoms with Crippen molar-refractivity contribution in [1.82, 2.24) is 10.6 Å². The number of nitrogens with one attached hydrogen (secondary N) is 2. The van der Waals surface area contributed by atoms with Gasteiger partial charge in [-0.1, -0.05) is 6.07 Å². The Morgan fingerprint density at radius 2 is 2.03 bits per heavy atom. The molecule has 3 heterocycles. The third-order valence-electron chi connectivity index (χ3n) is 6.45. The predicted octanol–water partition coefficient (Wildman–Crippen LogP) is 1.17. The molecule has 10 heteroatoms. The third kappa shape index (κ3) is 4.10. The van der Waals surface area contributed by atoms with E-state index in [2.05, 4.69) is 15.4 Å². The van der Waals surface area contributed by atoms with Gasteiger partial charge in [0.1, 0.15) is 5.82 Å². The fourth-order valence-electron chi connectivity index (χ4n) is 4.85. The molecular weight excluding hydrogens is 413 g/mol. The van der Waals surface area contributed by atoms with E-state index in [1.54, 1.807) is 12.1 Å². The number of amides is 2. The standard InChI is InChI=1S/C20H26FN3O5S/c1-29-19(26)22-10-14-9-15(18(25)23-14)13-2-3-17(16(21)8-13)24-6-4-20(5-7-24)11-30(27,28)12-20/h2-3,8,14-15H,4-7,9-12H2,1H3,(H,22,26)(H,23,25)/t14?,15-/m0/s1. The molecule has 3 fully saturated rings. The molecule has 8 nitrogen and oxygen atoms in total. The molecule has 1 aromatic carbocycles. The lowest BCUT2D eigenvalue weighted by Crippen LogP contribution is -2.54. The first kappa shape index (κ1) is 20.9. The Bertz CT molecular complexity index is 945. The van der Waals surface area contributed by atoms with Gasteiger partial charge in [-0.2, -0.15) is 0 Å². The minimum Gasteiger partial charge on any atom is -0.453 e. The van der Waals surface area contributed by atoms with Gasteiger partial charge in [0.2, 0.25) is 5.91 Å². The highest BCUT2D eigenvalue weighted by Gasteiger charge is 2.49. The van der Waals surface area contributed by atoms with E-state index in [4.69, 9.17) is 0 Å². The minimum atomic E-state index is -2.88. The highest BCUT2D eigenvalue weighted by Crippen LogP contribution is 2.43. The van der Waals surface area contributed by atoms with Gasteiger partial charge in [0, 0.05) is 31.1 Å². The van der Waals surface area contributed by atoms with Gasteiger partial charge in [-0.3, -0.25) is 4.79 Å². The third-order valence-corrected chi connectivity index (χ3v) is 8.56. The molecule has 3 aliphatic heterocycles. The summed E-state index contributed by atoms with van der Waals surface area (Å²) in [6, 6.07) is 4.65. The number of benzene rings is 1. The molecular formula is C20H26FN3O5S. The van der Waals surface area contributed by atoms with Gasteiger partial charge in [0.05, 0.1) is 30.2 Å². The number of rotatable bonds is 4. The molecule has 0 aromatic heterocycles. The van der Waals surface area contributed by atoms with Crippen molar-refractivity contribution in [3.8, 4) is 0 Å². The van der Waals surface area contributed by atoms with Crippen LogP contribution in [-0.4, -0.2) is 64.7 Å². The average Bonchev–Trinajstić information content (AvgIpc) is 3.06. The number of methoxy groups -OCH3 is 1.